The average molecular weight is 329 g/mol. The number of ketones is 1. The Hall–Kier alpha value is -2.50. The molecule has 1 aromatic rings. The zero-order valence-corrected chi connectivity index (χ0v) is 14.3. The number of amides is 2. The predicted octanol–water partition coefficient (Wildman–Crippen LogP) is 2.90. The van der Waals surface area contributed by atoms with Gasteiger partial charge in [-0.1, -0.05) is 20.8 Å². The highest BCUT2D eigenvalue weighted by molar-refractivity contribution is 6.05. The summed E-state index contributed by atoms with van der Waals surface area (Å²) in [6.45, 7) is 5.81. The largest absolute Gasteiger partial charge is 0.326 e. The van der Waals surface area contributed by atoms with E-state index in [1.165, 1.54) is 0 Å². The Morgan fingerprint density at radius 3 is 2.42 bits per heavy atom. The molecule has 1 aliphatic rings. The van der Waals surface area contributed by atoms with Crippen LogP contribution in [0.1, 0.15) is 56.8 Å². The predicted molar refractivity (Wildman–Crippen MR) is 92.9 cm³/mol. The van der Waals surface area contributed by atoms with Gasteiger partial charge in [0.25, 0.3) is 5.91 Å². The Balaban J connectivity index is 1.98. The molecule has 0 saturated heterocycles. The molecule has 0 aliphatic heterocycles. The zero-order valence-electron chi connectivity index (χ0n) is 14.3. The van der Waals surface area contributed by atoms with Crippen molar-refractivity contribution in [3.8, 4) is 0 Å². The van der Waals surface area contributed by atoms with E-state index in [2.05, 4.69) is 15.8 Å². The van der Waals surface area contributed by atoms with Gasteiger partial charge in [0.05, 0.1) is 0 Å². The van der Waals surface area contributed by atoms with Gasteiger partial charge in [0, 0.05) is 36.2 Å². The zero-order chi connectivity index (χ0) is 17.7. The van der Waals surface area contributed by atoms with Crippen LogP contribution in [0.4, 0.5) is 5.69 Å². The summed E-state index contributed by atoms with van der Waals surface area (Å²) >= 11 is 0. The molecule has 6 heteroatoms. The molecule has 0 bridgehead atoms. The minimum atomic E-state index is -0.341. The molecule has 1 aromatic carbocycles. The molecule has 1 fully saturated rings. The van der Waals surface area contributed by atoms with E-state index in [0.29, 0.717) is 42.6 Å². The van der Waals surface area contributed by atoms with Crippen LogP contribution in [0.15, 0.2) is 29.4 Å². The number of anilines is 1. The molecular weight excluding hydrogens is 306 g/mol. The Kier molecular flexibility index (Phi) is 5.49. The first kappa shape index (κ1) is 17.8. The average Bonchev–Trinajstić information content (AvgIpc) is 2.51. The second-order valence-corrected chi connectivity index (χ2v) is 6.83. The molecule has 1 saturated carbocycles. The van der Waals surface area contributed by atoms with Gasteiger partial charge >= 0.3 is 0 Å². The summed E-state index contributed by atoms with van der Waals surface area (Å²) in [6, 6.07) is 6.58. The van der Waals surface area contributed by atoms with Crippen molar-refractivity contribution in [2.45, 2.75) is 46.5 Å². The van der Waals surface area contributed by atoms with Gasteiger partial charge in [0.1, 0.15) is 5.78 Å². The summed E-state index contributed by atoms with van der Waals surface area (Å²) in [5, 5.41) is 6.84. The lowest BCUT2D eigenvalue weighted by atomic mass is 9.76. The van der Waals surface area contributed by atoms with Crippen molar-refractivity contribution in [2.24, 2.45) is 10.5 Å². The van der Waals surface area contributed by atoms with Crippen molar-refractivity contribution in [3.63, 3.8) is 0 Å². The number of nitrogens with zero attached hydrogens (tertiary/aromatic N) is 1. The first-order valence-electron chi connectivity index (χ1n) is 8.06. The smallest absolute Gasteiger partial charge is 0.271 e. The number of nitrogens with one attached hydrogen (secondary N) is 2. The standard InChI is InChI=1S/C18H23N3O3/c1-4-16(23)19-13-7-5-12(6-8-13)17(24)21-20-14-9-15(22)11-18(2,3)10-14/h5-8H,4,9-11H2,1-3H3,(H,19,23)(H,21,24). The van der Waals surface area contributed by atoms with Crippen molar-refractivity contribution in [2.75, 3.05) is 5.32 Å². The van der Waals surface area contributed by atoms with E-state index in [4.69, 9.17) is 0 Å². The van der Waals surface area contributed by atoms with E-state index < -0.39 is 0 Å². The Bertz CT molecular complexity index is 675. The van der Waals surface area contributed by atoms with Crippen LogP contribution < -0.4 is 10.7 Å². The van der Waals surface area contributed by atoms with Gasteiger partial charge in [-0.05, 0) is 36.1 Å². The van der Waals surface area contributed by atoms with Gasteiger partial charge in [-0.2, -0.15) is 5.10 Å². The van der Waals surface area contributed by atoms with Crippen LogP contribution in [0.3, 0.4) is 0 Å². The molecule has 128 valence electrons. The van der Waals surface area contributed by atoms with E-state index in [1.54, 1.807) is 31.2 Å². The van der Waals surface area contributed by atoms with Gasteiger partial charge in [-0.15, -0.1) is 0 Å². The Morgan fingerprint density at radius 2 is 1.83 bits per heavy atom. The van der Waals surface area contributed by atoms with Gasteiger partial charge < -0.3 is 5.32 Å². The molecule has 2 amide bonds. The van der Waals surface area contributed by atoms with E-state index in [1.807, 2.05) is 13.8 Å². The van der Waals surface area contributed by atoms with Crippen LogP contribution in [-0.2, 0) is 9.59 Å². The maximum absolute atomic E-state index is 12.1. The van der Waals surface area contributed by atoms with Crippen LogP contribution in [-0.4, -0.2) is 23.3 Å². The summed E-state index contributed by atoms with van der Waals surface area (Å²) in [6.07, 6.45) is 1.94. The first-order chi connectivity index (χ1) is 11.3. The Morgan fingerprint density at radius 1 is 1.17 bits per heavy atom. The molecule has 0 atom stereocenters. The molecule has 6 nitrogen and oxygen atoms in total. The van der Waals surface area contributed by atoms with Gasteiger partial charge in [-0.25, -0.2) is 5.43 Å². The molecular formula is C18H23N3O3. The van der Waals surface area contributed by atoms with Crippen LogP contribution >= 0.6 is 0 Å². The molecule has 0 radical (unpaired) electrons. The monoisotopic (exact) mass is 329 g/mol. The minimum absolute atomic E-state index is 0.0804. The quantitative estimate of drug-likeness (QED) is 0.833. The highest BCUT2D eigenvalue weighted by Crippen LogP contribution is 2.31. The molecule has 2 N–H and O–H groups in total. The van der Waals surface area contributed by atoms with Crippen molar-refractivity contribution < 1.29 is 14.4 Å². The summed E-state index contributed by atoms with van der Waals surface area (Å²) in [4.78, 5) is 35.2. The third-order valence-electron chi connectivity index (χ3n) is 3.83. The van der Waals surface area contributed by atoms with Gasteiger partial charge in [0.15, 0.2) is 0 Å². The van der Waals surface area contributed by atoms with E-state index in [9.17, 15) is 14.4 Å². The number of Topliss-reactive ketones (excluding diaryl/α,β-unsaturated/α-hetero) is 1. The fourth-order valence-corrected chi connectivity index (χ4v) is 2.73. The molecule has 2 rings (SSSR count). The van der Waals surface area contributed by atoms with Crippen LogP contribution in [0.5, 0.6) is 0 Å². The number of hydrazone groups is 1. The number of hydrogen-bond acceptors (Lipinski definition) is 4. The lowest BCUT2D eigenvalue weighted by Crippen LogP contribution is -2.31. The van der Waals surface area contributed by atoms with Gasteiger partial charge in [-0.3, -0.25) is 14.4 Å². The lowest BCUT2D eigenvalue weighted by molar-refractivity contribution is -0.120. The Labute approximate surface area is 141 Å². The third kappa shape index (κ3) is 5.01. The number of carbonyl (C=O) groups excluding carboxylic acids is 3. The molecule has 1 aliphatic carbocycles. The number of rotatable bonds is 4. The highest BCUT2D eigenvalue weighted by atomic mass is 16.2. The second-order valence-electron chi connectivity index (χ2n) is 6.83. The highest BCUT2D eigenvalue weighted by Gasteiger charge is 2.30. The fraction of sp³-hybridized carbons (Fsp3) is 0.444. The first-order valence-corrected chi connectivity index (χ1v) is 8.06. The van der Waals surface area contributed by atoms with E-state index in [0.717, 1.165) is 0 Å². The summed E-state index contributed by atoms with van der Waals surface area (Å²) in [5.74, 6) is -0.273. The van der Waals surface area contributed by atoms with E-state index in [-0.39, 0.29) is 23.0 Å². The van der Waals surface area contributed by atoms with Crippen molar-refractivity contribution in [3.05, 3.63) is 29.8 Å². The van der Waals surface area contributed by atoms with Crippen LogP contribution in [0, 0.1) is 5.41 Å². The van der Waals surface area contributed by atoms with Crippen molar-refractivity contribution in [1.82, 2.24) is 5.43 Å². The van der Waals surface area contributed by atoms with Crippen molar-refractivity contribution >= 4 is 29.0 Å². The molecule has 24 heavy (non-hydrogen) atoms. The summed E-state index contributed by atoms with van der Waals surface area (Å²) in [5.41, 5.74) is 4.18. The van der Waals surface area contributed by atoms with E-state index >= 15 is 0 Å². The SMILES string of the molecule is CCC(=O)Nc1ccc(C(=O)NN=C2CC(=O)CC(C)(C)C2)cc1. The molecule has 0 heterocycles. The van der Waals surface area contributed by atoms with Gasteiger partial charge in [0.2, 0.25) is 5.91 Å². The summed E-state index contributed by atoms with van der Waals surface area (Å²) in [7, 11) is 0. The maximum Gasteiger partial charge on any atom is 0.271 e. The van der Waals surface area contributed by atoms with Crippen LogP contribution in [0.2, 0.25) is 0 Å². The van der Waals surface area contributed by atoms with Crippen molar-refractivity contribution in [1.29, 1.82) is 0 Å². The number of hydrogen-bond donors (Lipinski definition) is 2. The topological polar surface area (TPSA) is 87.6 Å². The van der Waals surface area contributed by atoms with Crippen LogP contribution in [0.25, 0.3) is 0 Å². The lowest BCUT2D eigenvalue weighted by Gasteiger charge is -2.28. The number of benzene rings is 1. The fourth-order valence-electron chi connectivity index (χ4n) is 2.73. The molecule has 0 aromatic heterocycles. The summed E-state index contributed by atoms with van der Waals surface area (Å²) < 4.78 is 0. The second kappa shape index (κ2) is 7.38. The normalized spacial score (nSPS) is 18.3. The molecule has 0 spiro atoms. The number of carbonyl (C=O) groups is 3. The minimum Gasteiger partial charge on any atom is -0.326 e. The third-order valence-corrected chi connectivity index (χ3v) is 3.83. The molecule has 0 unspecified atom stereocenters. The maximum atomic E-state index is 12.1.